The summed E-state index contributed by atoms with van der Waals surface area (Å²) in [7, 11) is 0. The highest BCUT2D eigenvalue weighted by atomic mass is 32.1. The van der Waals surface area contributed by atoms with Crippen LogP contribution in [0, 0.1) is 5.92 Å². The maximum absolute atomic E-state index is 5.83. The Balaban J connectivity index is 2.14. The number of nitrogens with one attached hydrogen (secondary N) is 2. The second kappa shape index (κ2) is 6.64. The van der Waals surface area contributed by atoms with Gasteiger partial charge >= 0.3 is 0 Å². The lowest BCUT2D eigenvalue weighted by atomic mass is 9.79. The van der Waals surface area contributed by atoms with Crippen LogP contribution in [0.4, 0.5) is 0 Å². The fourth-order valence-corrected chi connectivity index (χ4v) is 3.21. The maximum Gasteiger partial charge on any atom is 0.0990 e. The van der Waals surface area contributed by atoms with Crippen LogP contribution in [0.1, 0.15) is 26.2 Å². The Morgan fingerprint density at radius 1 is 1.63 bits per heavy atom. The van der Waals surface area contributed by atoms with Crippen molar-refractivity contribution < 1.29 is 0 Å². The lowest BCUT2D eigenvalue weighted by Gasteiger charge is -2.30. The van der Waals surface area contributed by atoms with Crippen LogP contribution >= 0.6 is 12.6 Å². The zero-order valence-corrected chi connectivity index (χ0v) is 12.5. The van der Waals surface area contributed by atoms with Gasteiger partial charge in [-0.05, 0) is 43.5 Å². The molecule has 1 aliphatic heterocycles. The average Bonchev–Trinajstić information content (AvgIpc) is 2.71. The van der Waals surface area contributed by atoms with Gasteiger partial charge in [0.15, 0.2) is 0 Å². The van der Waals surface area contributed by atoms with Gasteiger partial charge in [-0.2, -0.15) is 12.6 Å². The minimum Gasteiger partial charge on any atom is -0.373 e. The van der Waals surface area contributed by atoms with Gasteiger partial charge in [-0.25, -0.2) is 0 Å². The molecule has 4 N–H and O–H groups in total. The minimum absolute atomic E-state index is 0.162. The third kappa shape index (κ3) is 3.07. The maximum atomic E-state index is 5.83. The first-order valence-corrected chi connectivity index (χ1v) is 7.59. The highest BCUT2D eigenvalue weighted by Gasteiger charge is 2.34. The van der Waals surface area contributed by atoms with Crippen LogP contribution in [-0.2, 0) is 0 Å². The fourth-order valence-electron chi connectivity index (χ4n) is 2.85. The Bertz CT molecular complexity index is 394. The molecule has 0 amide bonds. The van der Waals surface area contributed by atoms with Crippen molar-refractivity contribution in [2.45, 2.75) is 37.6 Å². The number of hydrogen-bond donors (Lipinski definition) is 4. The van der Waals surface area contributed by atoms with Gasteiger partial charge < -0.3 is 11.1 Å². The summed E-state index contributed by atoms with van der Waals surface area (Å²) in [5.41, 5.74) is 10.0. The molecule has 0 aromatic heterocycles. The summed E-state index contributed by atoms with van der Waals surface area (Å²) in [6.07, 6.45) is 7.84. The van der Waals surface area contributed by atoms with Crippen LogP contribution in [0.15, 0.2) is 35.6 Å². The van der Waals surface area contributed by atoms with E-state index in [1.165, 1.54) is 30.4 Å². The molecule has 3 nitrogen and oxygen atoms in total. The zero-order valence-electron chi connectivity index (χ0n) is 11.7. The van der Waals surface area contributed by atoms with Crippen LogP contribution in [0.2, 0.25) is 0 Å². The monoisotopic (exact) mass is 279 g/mol. The molecule has 2 aliphatic rings. The third-order valence-electron chi connectivity index (χ3n) is 4.10. The average molecular weight is 279 g/mol. The molecule has 0 aromatic carbocycles. The SMILES string of the molecule is C=C1C(C(=C2CCC2)C(S)CN)CN[C@H]1N/C=C\C. The van der Waals surface area contributed by atoms with E-state index in [0.717, 1.165) is 6.54 Å². The van der Waals surface area contributed by atoms with Gasteiger partial charge in [0.2, 0.25) is 0 Å². The van der Waals surface area contributed by atoms with Crippen molar-refractivity contribution >= 4 is 12.6 Å². The van der Waals surface area contributed by atoms with Gasteiger partial charge in [0.25, 0.3) is 0 Å². The summed E-state index contributed by atoms with van der Waals surface area (Å²) in [4.78, 5) is 0. The van der Waals surface area contributed by atoms with Gasteiger partial charge in [-0.15, -0.1) is 0 Å². The van der Waals surface area contributed by atoms with E-state index in [4.69, 9.17) is 5.73 Å². The van der Waals surface area contributed by atoms with Gasteiger partial charge in [0.1, 0.15) is 0 Å². The third-order valence-corrected chi connectivity index (χ3v) is 4.59. The highest BCUT2D eigenvalue weighted by molar-refractivity contribution is 7.81. The molecule has 4 heteroatoms. The molecule has 2 fully saturated rings. The molecular weight excluding hydrogens is 254 g/mol. The topological polar surface area (TPSA) is 50.1 Å². The molecule has 0 bridgehead atoms. The number of hydrogen-bond acceptors (Lipinski definition) is 4. The Kier molecular flexibility index (Phi) is 5.13. The van der Waals surface area contributed by atoms with Gasteiger partial charge in [-0.1, -0.05) is 18.2 Å². The smallest absolute Gasteiger partial charge is 0.0990 e. The largest absolute Gasteiger partial charge is 0.373 e. The number of rotatable bonds is 5. The van der Waals surface area contributed by atoms with E-state index in [1.54, 1.807) is 5.57 Å². The molecule has 2 unspecified atom stereocenters. The predicted octanol–water partition coefficient (Wildman–Crippen LogP) is 1.95. The first kappa shape index (κ1) is 14.7. The van der Waals surface area contributed by atoms with E-state index in [1.807, 2.05) is 19.2 Å². The summed E-state index contributed by atoms with van der Waals surface area (Å²) in [5, 5.41) is 6.98. The minimum atomic E-state index is 0.162. The number of nitrogens with two attached hydrogens (primary N) is 1. The fraction of sp³-hybridized carbons (Fsp3) is 0.600. The van der Waals surface area contributed by atoms with Crippen LogP contribution in [0.3, 0.4) is 0 Å². The van der Waals surface area contributed by atoms with Gasteiger partial charge in [0, 0.05) is 24.3 Å². The normalized spacial score (nSPS) is 28.6. The van der Waals surface area contributed by atoms with Crippen LogP contribution in [0.25, 0.3) is 0 Å². The molecule has 1 aliphatic carbocycles. The Morgan fingerprint density at radius 2 is 2.37 bits per heavy atom. The van der Waals surface area contributed by atoms with Crippen molar-refractivity contribution in [2.75, 3.05) is 13.1 Å². The quantitative estimate of drug-likeness (QED) is 0.459. The Morgan fingerprint density at radius 3 is 2.89 bits per heavy atom. The summed E-state index contributed by atoms with van der Waals surface area (Å²) in [6.45, 7) is 7.81. The molecule has 0 spiro atoms. The van der Waals surface area contributed by atoms with Crippen LogP contribution in [0.5, 0.6) is 0 Å². The van der Waals surface area contributed by atoms with E-state index in [9.17, 15) is 0 Å². The first-order chi connectivity index (χ1) is 9.19. The molecular formula is C15H25N3S. The van der Waals surface area contributed by atoms with Crippen molar-refractivity contribution in [3.63, 3.8) is 0 Å². The molecule has 0 aromatic rings. The highest BCUT2D eigenvalue weighted by Crippen LogP contribution is 2.39. The molecule has 3 atom stereocenters. The zero-order chi connectivity index (χ0) is 13.8. The summed E-state index contributed by atoms with van der Waals surface area (Å²) >= 11 is 4.68. The lowest BCUT2D eigenvalue weighted by molar-refractivity contribution is 0.597. The van der Waals surface area contributed by atoms with Crippen molar-refractivity contribution in [3.8, 4) is 0 Å². The number of allylic oxidation sites excluding steroid dienone is 2. The van der Waals surface area contributed by atoms with E-state index in [2.05, 4.69) is 29.8 Å². The van der Waals surface area contributed by atoms with Gasteiger partial charge in [0.05, 0.1) is 6.17 Å². The second-order valence-corrected chi connectivity index (χ2v) is 5.92. The van der Waals surface area contributed by atoms with E-state index < -0.39 is 0 Å². The Hall–Kier alpha value is -0.710. The number of thiol groups is 1. The Labute approximate surface area is 121 Å². The standard InChI is InChI=1S/C15H25N3S/c1-3-7-17-15-10(2)12(9-18-15)14(13(19)8-16)11-5-4-6-11/h3,7,12-13,15,17-19H,2,4-6,8-9,16H2,1H3/b7-3-/t12?,13?,15-/m1/s1. The van der Waals surface area contributed by atoms with E-state index in [0.29, 0.717) is 12.5 Å². The molecule has 19 heavy (non-hydrogen) atoms. The van der Waals surface area contributed by atoms with Crippen LogP contribution < -0.4 is 16.4 Å². The van der Waals surface area contributed by atoms with Crippen molar-refractivity contribution in [1.29, 1.82) is 0 Å². The predicted molar refractivity (Wildman–Crippen MR) is 85.1 cm³/mol. The molecule has 1 heterocycles. The molecule has 2 rings (SSSR count). The van der Waals surface area contributed by atoms with E-state index in [-0.39, 0.29) is 11.4 Å². The van der Waals surface area contributed by atoms with Crippen molar-refractivity contribution in [2.24, 2.45) is 11.7 Å². The summed E-state index contributed by atoms with van der Waals surface area (Å²) in [6, 6.07) is 0. The van der Waals surface area contributed by atoms with Crippen molar-refractivity contribution in [1.82, 2.24) is 10.6 Å². The molecule has 1 saturated carbocycles. The van der Waals surface area contributed by atoms with Crippen LogP contribution in [-0.4, -0.2) is 24.5 Å². The first-order valence-electron chi connectivity index (χ1n) is 7.08. The lowest BCUT2D eigenvalue weighted by Crippen LogP contribution is -2.34. The summed E-state index contributed by atoms with van der Waals surface area (Å²) in [5.74, 6) is 0.379. The van der Waals surface area contributed by atoms with E-state index >= 15 is 0 Å². The second-order valence-electron chi connectivity index (χ2n) is 5.30. The van der Waals surface area contributed by atoms with Gasteiger partial charge in [-0.3, -0.25) is 5.32 Å². The summed E-state index contributed by atoms with van der Waals surface area (Å²) < 4.78 is 0. The molecule has 106 valence electrons. The molecule has 1 saturated heterocycles. The van der Waals surface area contributed by atoms with Crippen molar-refractivity contribution in [3.05, 3.63) is 35.6 Å². The molecule has 0 radical (unpaired) electrons.